The van der Waals surface area contributed by atoms with Gasteiger partial charge < -0.3 is 4.57 Å². The van der Waals surface area contributed by atoms with Gasteiger partial charge in [0.05, 0.1) is 6.54 Å². The van der Waals surface area contributed by atoms with Crippen LogP contribution in [0.3, 0.4) is 0 Å². The maximum absolute atomic E-state index is 12.9. The summed E-state index contributed by atoms with van der Waals surface area (Å²) in [5.41, 5.74) is 2.01. The van der Waals surface area contributed by atoms with E-state index in [4.69, 9.17) is 0 Å². The van der Waals surface area contributed by atoms with Crippen LogP contribution in [0.1, 0.15) is 28.4 Å². The minimum Gasteiger partial charge on any atom is -0.312 e. The number of benzene rings is 2. The van der Waals surface area contributed by atoms with E-state index in [1.54, 1.807) is 6.07 Å². The molecule has 2 atom stereocenters. The van der Waals surface area contributed by atoms with Crippen LogP contribution in [0.2, 0.25) is 0 Å². The lowest BCUT2D eigenvalue weighted by Crippen LogP contribution is -2.48. The van der Waals surface area contributed by atoms with Crippen molar-refractivity contribution in [1.29, 1.82) is 0 Å². The van der Waals surface area contributed by atoms with Crippen molar-refractivity contribution in [3.63, 3.8) is 0 Å². The van der Waals surface area contributed by atoms with E-state index < -0.39 is 0 Å². The zero-order valence-electron chi connectivity index (χ0n) is 15.2. The van der Waals surface area contributed by atoms with Gasteiger partial charge in [-0.15, -0.1) is 0 Å². The van der Waals surface area contributed by atoms with Gasteiger partial charge >= 0.3 is 0 Å². The lowest BCUT2D eigenvalue weighted by Gasteiger charge is -2.42. The summed E-state index contributed by atoms with van der Waals surface area (Å²) in [5, 5.41) is 2.26. The highest BCUT2D eigenvalue weighted by molar-refractivity contribution is 6.01. The van der Waals surface area contributed by atoms with Gasteiger partial charge in [0.2, 0.25) is 0 Å². The van der Waals surface area contributed by atoms with Crippen molar-refractivity contribution in [2.75, 3.05) is 19.6 Å². The van der Waals surface area contributed by atoms with Gasteiger partial charge in [0, 0.05) is 42.9 Å². The summed E-state index contributed by atoms with van der Waals surface area (Å²) in [4.78, 5) is 27.3. The molecule has 136 valence electrons. The van der Waals surface area contributed by atoms with Crippen molar-refractivity contribution in [2.45, 2.75) is 18.9 Å². The summed E-state index contributed by atoms with van der Waals surface area (Å²) in [6.45, 7) is 2.95. The van der Waals surface area contributed by atoms with Crippen molar-refractivity contribution in [3.05, 3.63) is 82.3 Å². The van der Waals surface area contributed by atoms with Crippen molar-refractivity contribution < 1.29 is 4.79 Å². The number of fused-ring (bicyclic) bond motifs is 5. The standard InChI is InChI=1S/C23H22N2O2/c26-22(19-9-8-17-4-1-2-5-18(17)11-19)15-24-12-16-10-20(14-24)21-6-3-7-23(27)25(21)13-16/h1-9,11,16,20H,10,12-15H2/t16-,20-/m0/s1. The maximum atomic E-state index is 12.9. The second-order valence-corrected chi connectivity index (χ2v) is 7.88. The largest absolute Gasteiger partial charge is 0.312 e. The van der Waals surface area contributed by atoms with E-state index in [0.717, 1.165) is 48.1 Å². The van der Waals surface area contributed by atoms with Crippen LogP contribution < -0.4 is 5.56 Å². The van der Waals surface area contributed by atoms with E-state index >= 15 is 0 Å². The van der Waals surface area contributed by atoms with Gasteiger partial charge in [-0.05, 0) is 35.2 Å². The number of aromatic nitrogens is 1. The van der Waals surface area contributed by atoms with Crippen LogP contribution in [-0.2, 0) is 6.54 Å². The summed E-state index contributed by atoms with van der Waals surface area (Å²) >= 11 is 0. The number of hydrogen-bond donors (Lipinski definition) is 0. The van der Waals surface area contributed by atoms with E-state index in [-0.39, 0.29) is 11.3 Å². The first-order valence-corrected chi connectivity index (χ1v) is 9.61. The van der Waals surface area contributed by atoms with Gasteiger partial charge in [-0.1, -0.05) is 42.5 Å². The predicted molar refractivity (Wildman–Crippen MR) is 106 cm³/mol. The molecule has 0 spiro atoms. The van der Waals surface area contributed by atoms with E-state index in [0.29, 0.717) is 18.4 Å². The van der Waals surface area contributed by atoms with Gasteiger partial charge in [0.25, 0.3) is 5.56 Å². The Morgan fingerprint density at radius 1 is 0.926 bits per heavy atom. The third-order valence-corrected chi connectivity index (χ3v) is 5.99. The minimum absolute atomic E-state index is 0.0999. The number of likely N-dealkylation sites (tertiary alicyclic amines) is 1. The Hall–Kier alpha value is -2.72. The fourth-order valence-corrected chi connectivity index (χ4v) is 4.78. The number of carbonyl (C=O) groups is 1. The lowest BCUT2D eigenvalue weighted by atomic mass is 9.83. The van der Waals surface area contributed by atoms with Gasteiger partial charge in [-0.3, -0.25) is 14.5 Å². The third-order valence-electron chi connectivity index (χ3n) is 5.99. The highest BCUT2D eigenvalue weighted by atomic mass is 16.1. The predicted octanol–water partition coefficient (Wildman–Crippen LogP) is 3.30. The monoisotopic (exact) mass is 358 g/mol. The number of hydrogen-bond acceptors (Lipinski definition) is 3. The molecule has 5 rings (SSSR count). The molecule has 4 nitrogen and oxygen atoms in total. The number of nitrogens with zero attached hydrogens (tertiary/aromatic N) is 2. The third kappa shape index (κ3) is 3.00. The molecule has 27 heavy (non-hydrogen) atoms. The quantitative estimate of drug-likeness (QED) is 0.675. The molecular weight excluding hydrogens is 336 g/mol. The van der Waals surface area contributed by atoms with E-state index in [2.05, 4.69) is 17.0 Å². The molecule has 2 aliphatic heterocycles. The number of ketones is 1. The van der Waals surface area contributed by atoms with Crippen LogP contribution in [0.25, 0.3) is 10.8 Å². The van der Waals surface area contributed by atoms with Gasteiger partial charge in [-0.25, -0.2) is 0 Å². The molecule has 1 aromatic heterocycles. The number of piperidine rings is 1. The summed E-state index contributed by atoms with van der Waals surface area (Å²) in [6.07, 6.45) is 1.12. The zero-order valence-corrected chi connectivity index (χ0v) is 15.2. The highest BCUT2D eigenvalue weighted by Gasteiger charge is 2.34. The van der Waals surface area contributed by atoms with Crippen LogP contribution >= 0.6 is 0 Å². The van der Waals surface area contributed by atoms with Crippen molar-refractivity contribution in [1.82, 2.24) is 9.47 Å². The van der Waals surface area contributed by atoms with Gasteiger partial charge in [-0.2, -0.15) is 0 Å². The molecule has 0 N–H and O–H groups in total. The Labute approximate surface area is 158 Å². The fourth-order valence-electron chi connectivity index (χ4n) is 4.78. The highest BCUT2D eigenvalue weighted by Crippen LogP contribution is 2.34. The topological polar surface area (TPSA) is 42.3 Å². The van der Waals surface area contributed by atoms with Crippen LogP contribution in [0.15, 0.2) is 65.5 Å². The van der Waals surface area contributed by atoms with Crippen molar-refractivity contribution in [3.8, 4) is 0 Å². The number of rotatable bonds is 3. The average Bonchev–Trinajstić information content (AvgIpc) is 2.68. The SMILES string of the molecule is O=C(CN1C[C@@H]2C[C@@H](C1)c1cccc(=O)n1C2)c1ccc2ccccc2c1. The summed E-state index contributed by atoms with van der Waals surface area (Å²) < 4.78 is 1.93. The molecule has 0 radical (unpaired) electrons. The second-order valence-electron chi connectivity index (χ2n) is 7.88. The summed E-state index contributed by atoms with van der Waals surface area (Å²) in [5.74, 6) is 0.961. The van der Waals surface area contributed by atoms with Crippen LogP contribution in [0, 0.1) is 5.92 Å². The molecule has 0 saturated carbocycles. The molecule has 0 aliphatic carbocycles. The van der Waals surface area contributed by atoms with Crippen molar-refractivity contribution >= 4 is 16.6 Å². The minimum atomic E-state index is 0.0999. The first kappa shape index (κ1) is 16.5. The molecule has 2 bridgehead atoms. The zero-order chi connectivity index (χ0) is 18.4. The summed E-state index contributed by atoms with van der Waals surface area (Å²) in [7, 11) is 0. The molecule has 2 aromatic carbocycles. The first-order valence-electron chi connectivity index (χ1n) is 9.61. The Morgan fingerprint density at radius 3 is 2.67 bits per heavy atom. The van der Waals surface area contributed by atoms with Crippen molar-refractivity contribution in [2.24, 2.45) is 5.92 Å². The summed E-state index contributed by atoms with van der Waals surface area (Å²) in [6, 6.07) is 19.6. The smallest absolute Gasteiger partial charge is 0.250 e. The molecule has 3 heterocycles. The van der Waals surface area contributed by atoms with E-state index in [1.165, 1.54) is 0 Å². The second kappa shape index (κ2) is 6.46. The Bertz CT molecular complexity index is 1080. The maximum Gasteiger partial charge on any atom is 0.250 e. The molecule has 4 heteroatoms. The first-order chi connectivity index (χ1) is 13.2. The number of Topliss-reactive ketones (excluding diaryl/α,β-unsaturated/α-hetero) is 1. The lowest BCUT2D eigenvalue weighted by molar-refractivity contribution is 0.0817. The van der Waals surface area contributed by atoms with Crippen LogP contribution in [0.4, 0.5) is 0 Å². The molecular formula is C23H22N2O2. The van der Waals surface area contributed by atoms with E-state index in [1.807, 2.05) is 47.0 Å². The Balaban J connectivity index is 1.36. The molecule has 0 unspecified atom stereocenters. The number of pyridine rings is 1. The fraction of sp³-hybridized carbons (Fsp3) is 0.304. The van der Waals surface area contributed by atoms with Gasteiger partial charge in [0.15, 0.2) is 5.78 Å². The molecule has 3 aromatic rings. The molecule has 2 aliphatic rings. The normalized spacial score (nSPS) is 21.8. The molecule has 1 fully saturated rings. The Morgan fingerprint density at radius 2 is 1.78 bits per heavy atom. The van der Waals surface area contributed by atoms with Crippen LogP contribution in [0.5, 0.6) is 0 Å². The molecule has 1 saturated heterocycles. The average molecular weight is 358 g/mol. The number of carbonyl (C=O) groups excluding carboxylic acids is 1. The van der Waals surface area contributed by atoms with Gasteiger partial charge in [0.1, 0.15) is 0 Å². The van der Waals surface area contributed by atoms with Crippen LogP contribution in [-0.4, -0.2) is 34.9 Å². The Kier molecular flexibility index (Phi) is 3.94. The molecule has 0 amide bonds. The van der Waals surface area contributed by atoms with E-state index in [9.17, 15) is 9.59 Å².